The molecule has 6 aromatic carbocycles. The Morgan fingerprint density at radius 1 is 0.282 bits per heavy atom. The lowest BCUT2D eigenvalue weighted by molar-refractivity contribution is -0.222. The zero-order chi connectivity index (χ0) is 47.1. The molecule has 0 N–H and O–H groups in total. The van der Waals surface area contributed by atoms with Crippen molar-refractivity contribution >= 4 is 7.82 Å². The van der Waals surface area contributed by atoms with E-state index in [0.29, 0.717) is 53.3 Å². The summed E-state index contributed by atoms with van der Waals surface area (Å²) in [6, 6.07) is 67.9. The van der Waals surface area contributed by atoms with Crippen LogP contribution in [0.25, 0.3) is 0 Å². The third kappa shape index (κ3) is 6.06. The van der Waals surface area contributed by atoms with E-state index in [9.17, 15) is 0 Å². The molecular formula is C66H69O4P. The molecule has 5 heteroatoms. The van der Waals surface area contributed by atoms with Crippen LogP contribution in [0.1, 0.15) is 130 Å². The Hall–Kier alpha value is -4.57. The number of phosphoric ester groups is 1. The summed E-state index contributed by atoms with van der Waals surface area (Å²) >= 11 is 0. The van der Waals surface area contributed by atoms with Gasteiger partial charge in [0.25, 0.3) is 0 Å². The molecule has 0 aliphatic heterocycles. The van der Waals surface area contributed by atoms with Crippen molar-refractivity contribution in [2.24, 2.45) is 53.3 Å². The van der Waals surface area contributed by atoms with E-state index in [1.165, 1.54) is 52.6 Å². The van der Waals surface area contributed by atoms with Crippen LogP contribution in [0.15, 0.2) is 182 Å². The molecule has 18 rings (SSSR count). The largest absolute Gasteiger partial charge is 0.476 e. The molecule has 12 aliphatic carbocycles. The molecule has 12 aliphatic rings. The Labute approximate surface area is 422 Å². The van der Waals surface area contributed by atoms with Crippen LogP contribution in [-0.2, 0) is 34.4 Å². The van der Waals surface area contributed by atoms with Gasteiger partial charge in [-0.05, 0) is 183 Å². The zero-order valence-corrected chi connectivity index (χ0v) is 42.1. The van der Waals surface area contributed by atoms with Crippen molar-refractivity contribution in [2.75, 3.05) is 0 Å². The van der Waals surface area contributed by atoms with Crippen molar-refractivity contribution in [1.82, 2.24) is 0 Å². The van der Waals surface area contributed by atoms with E-state index in [-0.39, 0.29) is 0 Å². The van der Waals surface area contributed by atoms with Crippen molar-refractivity contribution in [2.45, 2.75) is 129 Å². The second-order valence-corrected chi connectivity index (χ2v) is 26.4. The lowest BCUT2D eigenvalue weighted by Crippen LogP contribution is -2.70. The van der Waals surface area contributed by atoms with Crippen LogP contribution in [0.3, 0.4) is 0 Å². The van der Waals surface area contributed by atoms with Crippen LogP contribution < -0.4 is 0 Å². The van der Waals surface area contributed by atoms with Gasteiger partial charge in [-0.2, -0.15) is 0 Å². The molecule has 0 heterocycles. The van der Waals surface area contributed by atoms with Gasteiger partial charge in [-0.15, -0.1) is 0 Å². The van der Waals surface area contributed by atoms with E-state index in [0.717, 1.165) is 77.0 Å². The van der Waals surface area contributed by atoms with E-state index in [1.807, 2.05) is 0 Å². The monoisotopic (exact) mass is 956 g/mol. The highest BCUT2D eigenvalue weighted by Gasteiger charge is 2.76. The highest BCUT2D eigenvalue weighted by atomic mass is 31.2. The summed E-state index contributed by atoms with van der Waals surface area (Å²) in [5.41, 5.74) is 3.47. The molecule has 0 amide bonds. The van der Waals surface area contributed by atoms with Gasteiger partial charge in [0.2, 0.25) is 0 Å². The number of rotatable bonds is 12. The van der Waals surface area contributed by atoms with Crippen molar-refractivity contribution in [3.63, 3.8) is 0 Å². The lowest BCUT2D eigenvalue weighted by Gasteiger charge is -2.70. The molecule has 71 heavy (non-hydrogen) atoms. The summed E-state index contributed by atoms with van der Waals surface area (Å²) in [5, 5.41) is 0. The highest BCUT2D eigenvalue weighted by Crippen LogP contribution is 2.80. The minimum atomic E-state index is -4.63. The smallest absolute Gasteiger partial charge is 0.279 e. The summed E-state index contributed by atoms with van der Waals surface area (Å²) < 4.78 is 44.1. The SMILES string of the molecule is O=P(OC12CC3CC(CC(C3)C1(c1ccccc1)c1ccccc1)C2)(OC12CC3CC(CC(C3)C1(c1ccccc1)c1ccccc1)C2)OC12CC3CC(CC(C3)C1(c1ccccc1)c1ccccc1)C2. The zero-order valence-electron chi connectivity index (χ0n) is 41.2. The van der Waals surface area contributed by atoms with Gasteiger partial charge in [0.1, 0.15) is 0 Å². The third-order valence-electron chi connectivity index (χ3n) is 21.6. The van der Waals surface area contributed by atoms with E-state index in [1.54, 1.807) is 0 Å². The summed E-state index contributed by atoms with van der Waals surface area (Å²) in [7, 11) is -4.63. The second-order valence-electron chi connectivity index (χ2n) is 25.0. The molecular weight excluding hydrogens is 888 g/mol. The summed E-state index contributed by atoms with van der Waals surface area (Å²) in [5.74, 6) is 3.90. The van der Waals surface area contributed by atoms with E-state index in [2.05, 4.69) is 182 Å². The predicted octanol–water partition coefficient (Wildman–Crippen LogP) is 15.8. The van der Waals surface area contributed by atoms with Crippen LogP contribution in [0.2, 0.25) is 0 Å². The number of hydrogen-bond acceptors (Lipinski definition) is 4. The molecule has 6 unspecified atom stereocenters. The van der Waals surface area contributed by atoms with Crippen LogP contribution in [-0.4, -0.2) is 16.8 Å². The maximum absolute atomic E-state index is 18.7. The first kappa shape index (κ1) is 44.0. The van der Waals surface area contributed by atoms with Crippen LogP contribution >= 0.6 is 7.82 Å². The molecule has 0 spiro atoms. The topological polar surface area (TPSA) is 44.8 Å². The van der Waals surface area contributed by atoms with Crippen molar-refractivity contribution in [3.05, 3.63) is 215 Å². The van der Waals surface area contributed by atoms with Crippen molar-refractivity contribution in [3.8, 4) is 0 Å². The minimum Gasteiger partial charge on any atom is -0.279 e. The van der Waals surface area contributed by atoms with Gasteiger partial charge < -0.3 is 0 Å². The fourth-order valence-corrected chi connectivity index (χ4v) is 23.0. The molecule has 0 aromatic heterocycles. The Morgan fingerprint density at radius 3 is 0.648 bits per heavy atom. The Morgan fingerprint density at radius 2 is 0.465 bits per heavy atom. The van der Waals surface area contributed by atoms with E-state index < -0.39 is 40.9 Å². The first-order valence-corrected chi connectivity index (χ1v) is 29.3. The maximum Gasteiger partial charge on any atom is 0.476 e. The molecule has 6 aromatic rings. The quantitative estimate of drug-likeness (QED) is 0.115. The van der Waals surface area contributed by atoms with Crippen molar-refractivity contribution < 1.29 is 18.1 Å². The third-order valence-corrected chi connectivity index (χ3v) is 23.4. The summed E-state index contributed by atoms with van der Waals surface area (Å²) in [6.07, 6.45) is 15.6. The van der Waals surface area contributed by atoms with Crippen LogP contribution in [0, 0.1) is 53.3 Å². The van der Waals surface area contributed by atoms with Crippen LogP contribution in [0.4, 0.5) is 0 Å². The van der Waals surface area contributed by atoms with Gasteiger partial charge >= 0.3 is 7.82 Å². The fourth-order valence-electron chi connectivity index (χ4n) is 20.7. The molecule has 4 nitrogen and oxygen atoms in total. The Balaban J connectivity index is 1.00. The fraction of sp³-hybridized carbons (Fsp3) is 0.455. The normalized spacial score (nSPS) is 37.7. The molecule has 0 radical (unpaired) electrons. The molecule has 12 saturated carbocycles. The van der Waals surface area contributed by atoms with E-state index in [4.69, 9.17) is 13.6 Å². The Bertz CT molecular complexity index is 2480. The maximum atomic E-state index is 18.7. The average molecular weight is 957 g/mol. The highest BCUT2D eigenvalue weighted by molar-refractivity contribution is 7.48. The van der Waals surface area contributed by atoms with E-state index >= 15 is 4.57 Å². The molecule has 12 bridgehead atoms. The van der Waals surface area contributed by atoms with Gasteiger partial charge in [-0.25, -0.2) is 4.57 Å². The molecule has 6 atom stereocenters. The Kier molecular flexibility index (Phi) is 9.89. The number of benzene rings is 6. The molecule has 12 fully saturated rings. The van der Waals surface area contributed by atoms with Crippen molar-refractivity contribution in [1.29, 1.82) is 0 Å². The number of phosphoric acid groups is 1. The molecule has 362 valence electrons. The van der Waals surface area contributed by atoms with Gasteiger partial charge in [0.05, 0.1) is 33.0 Å². The predicted molar refractivity (Wildman–Crippen MR) is 281 cm³/mol. The summed E-state index contributed by atoms with van der Waals surface area (Å²) in [6.45, 7) is 0. The molecule has 0 saturated heterocycles. The van der Waals surface area contributed by atoms with Gasteiger partial charge in [-0.1, -0.05) is 182 Å². The minimum absolute atomic E-state index is 0.326. The summed E-state index contributed by atoms with van der Waals surface area (Å²) in [4.78, 5) is 0. The standard InChI is InChI=1S/C66H69O4P/c67-71(68-61-40-46-31-47(41-61)35-58(34-46)64(61,52-19-7-1-8-20-52)53-21-9-2-10-22-53,69-62-42-48-32-49(43-62)37-59(36-48)65(62,54-23-11-3-12-24-54)55-25-13-4-14-26-55)70-63-44-50-33-51(45-63)39-60(38-50)66(63,56-27-15-5-16-28-56)57-29-17-6-18-30-57/h1-30,46-51,58-60H,31-45H2. The second kappa shape index (κ2) is 16.0. The van der Waals surface area contributed by atoms with Gasteiger partial charge in [0, 0.05) is 0 Å². The van der Waals surface area contributed by atoms with Crippen LogP contribution in [0.5, 0.6) is 0 Å². The first-order valence-electron chi connectivity index (χ1n) is 27.8. The first-order chi connectivity index (χ1) is 34.8. The lowest BCUT2D eigenvalue weighted by atomic mass is 9.40. The van der Waals surface area contributed by atoms with Gasteiger partial charge in [-0.3, -0.25) is 13.6 Å². The average Bonchev–Trinajstić information content (AvgIpc) is 3.38. The number of hydrogen-bond donors (Lipinski definition) is 0. The van der Waals surface area contributed by atoms with Gasteiger partial charge in [0.15, 0.2) is 0 Å².